The molecule has 25 heavy (non-hydrogen) atoms. The van der Waals surface area contributed by atoms with Crippen LogP contribution in [0.3, 0.4) is 0 Å². The van der Waals surface area contributed by atoms with Gasteiger partial charge in [0.15, 0.2) is 0 Å². The zero-order valence-electron chi connectivity index (χ0n) is 14.5. The Hall–Kier alpha value is -2.59. The third-order valence-electron chi connectivity index (χ3n) is 5.02. The number of aryl methyl sites for hydroxylation is 1. The number of aromatic nitrogens is 1. The Morgan fingerprint density at radius 1 is 0.960 bits per heavy atom. The maximum atomic E-state index is 13.0. The molecule has 0 radical (unpaired) electrons. The number of H-pyrrole nitrogens is 1. The van der Waals surface area contributed by atoms with E-state index in [1.807, 2.05) is 42.2 Å². The van der Waals surface area contributed by atoms with Crippen molar-refractivity contribution in [3.05, 3.63) is 71.4 Å². The molecule has 4 nitrogen and oxygen atoms in total. The smallest absolute Gasteiger partial charge is 0.256 e. The van der Waals surface area contributed by atoms with E-state index in [0.717, 1.165) is 54.9 Å². The van der Waals surface area contributed by atoms with Gasteiger partial charge in [0.25, 0.3) is 5.91 Å². The molecule has 1 aliphatic rings. The van der Waals surface area contributed by atoms with Gasteiger partial charge in [0, 0.05) is 49.3 Å². The minimum atomic E-state index is 0.148. The van der Waals surface area contributed by atoms with Gasteiger partial charge in [0.05, 0.1) is 5.56 Å². The van der Waals surface area contributed by atoms with Crippen molar-refractivity contribution in [3.63, 3.8) is 0 Å². The van der Waals surface area contributed by atoms with Crippen LogP contribution in [-0.2, 0) is 6.54 Å². The van der Waals surface area contributed by atoms with Crippen molar-refractivity contribution in [2.45, 2.75) is 13.5 Å². The fraction of sp³-hybridized carbons (Fsp3) is 0.286. The number of para-hydroxylation sites is 1. The van der Waals surface area contributed by atoms with E-state index in [2.05, 4.69) is 34.1 Å². The quantitative estimate of drug-likeness (QED) is 0.797. The van der Waals surface area contributed by atoms with Gasteiger partial charge in [0.1, 0.15) is 0 Å². The van der Waals surface area contributed by atoms with E-state index in [4.69, 9.17) is 0 Å². The molecule has 1 amide bonds. The number of hydrogen-bond donors (Lipinski definition) is 1. The number of aromatic amines is 1. The highest BCUT2D eigenvalue weighted by molar-refractivity contribution is 6.08. The number of fused-ring (bicyclic) bond motifs is 1. The summed E-state index contributed by atoms with van der Waals surface area (Å²) in [6, 6.07) is 18.6. The molecule has 0 atom stereocenters. The van der Waals surface area contributed by atoms with Crippen LogP contribution in [0.4, 0.5) is 0 Å². The van der Waals surface area contributed by atoms with Crippen LogP contribution in [0.25, 0.3) is 10.9 Å². The molecule has 1 aromatic heterocycles. The Morgan fingerprint density at radius 2 is 1.64 bits per heavy atom. The van der Waals surface area contributed by atoms with Crippen molar-refractivity contribution in [1.29, 1.82) is 0 Å². The van der Waals surface area contributed by atoms with Crippen LogP contribution in [0.2, 0.25) is 0 Å². The van der Waals surface area contributed by atoms with Gasteiger partial charge in [0.2, 0.25) is 0 Å². The fourth-order valence-electron chi connectivity index (χ4n) is 3.66. The molecule has 0 bridgehead atoms. The topological polar surface area (TPSA) is 39.3 Å². The third-order valence-corrected chi connectivity index (χ3v) is 5.02. The number of rotatable bonds is 3. The van der Waals surface area contributed by atoms with E-state index in [9.17, 15) is 4.79 Å². The number of hydrogen-bond acceptors (Lipinski definition) is 2. The standard InChI is InChI=1S/C21H23N3O/c1-16-20(18-9-5-6-10-19(18)22-16)21(25)24-13-11-23(12-14-24)15-17-7-3-2-4-8-17/h2-10,22H,11-15H2,1H3. The molecular formula is C21H23N3O. The normalized spacial score (nSPS) is 15.6. The summed E-state index contributed by atoms with van der Waals surface area (Å²) >= 11 is 0. The Bertz CT molecular complexity index is 877. The van der Waals surface area contributed by atoms with E-state index in [1.165, 1.54) is 5.56 Å². The molecule has 0 unspecified atom stereocenters. The minimum Gasteiger partial charge on any atom is -0.358 e. The van der Waals surface area contributed by atoms with Crippen LogP contribution >= 0.6 is 0 Å². The van der Waals surface area contributed by atoms with Gasteiger partial charge in [-0.25, -0.2) is 0 Å². The van der Waals surface area contributed by atoms with Crippen molar-refractivity contribution in [2.24, 2.45) is 0 Å². The SMILES string of the molecule is Cc1[nH]c2ccccc2c1C(=O)N1CCN(Cc2ccccc2)CC1. The maximum Gasteiger partial charge on any atom is 0.256 e. The Labute approximate surface area is 148 Å². The van der Waals surface area contributed by atoms with E-state index in [0.29, 0.717) is 0 Å². The molecule has 2 heterocycles. The lowest BCUT2D eigenvalue weighted by Crippen LogP contribution is -2.48. The number of nitrogens with zero attached hydrogens (tertiary/aromatic N) is 2. The van der Waals surface area contributed by atoms with Gasteiger partial charge in [-0.1, -0.05) is 48.5 Å². The maximum absolute atomic E-state index is 13.0. The first kappa shape index (κ1) is 15.9. The summed E-state index contributed by atoms with van der Waals surface area (Å²) in [6.45, 7) is 6.34. The van der Waals surface area contributed by atoms with Crippen molar-refractivity contribution in [2.75, 3.05) is 26.2 Å². The summed E-state index contributed by atoms with van der Waals surface area (Å²) < 4.78 is 0. The predicted molar refractivity (Wildman–Crippen MR) is 101 cm³/mol. The van der Waals surface area contributed by atoms with Crippen LogP contribution in [0.5, 0.6) is 0 Å². The molecule has 128 valence electrons. The van der Waals surface area contributed by atoms with E-state index >= 15 is 0 Å². The van der Waals surface area contributed by atoms with Crippen LogP contribution in [0, 0.1) is 6.92 Å². The Balaban J connectivity index is 1.45. The van der Waals surface area contributed by atoms with Crippen LogP contribution in [0.1, 0.15) is 21.6 Å². The number of carbonyl (C=O) groups excluding carboxylic acids is 1. The number of amides is 1. The van der Waals surface area contributed by atoms with Gasteiger partial charge in [-0.05, 0) is 18.6 Å². The lowest BCUT2D eigenvalue weighted by molar-refractivity contribution is 0.0629. The van der Waals surface area contributed by atoms with Gasteiger partial charge >= 0.3 is 0 Å². The second-order valence-corrected chi connectivity index (χ2v) is 6.72. The summed E-state index contributed by atoms with van der Waals surface area (Å²) in [5.41, 5.74) is 4.14. The molecule has 0 saturated carbocycles. The van der Waals surface area contributed by atoms with Crippen LogP contribution < -0.4 is 0 Å². The Morgan fingerprint density at radius 3 is 2.40 bits per heavy atom. The minimum absolute atomic E-state index is 0.148. The van der Waals surface area contributed by atoms with E-state index < -0.39 is 0 Å². The molecule has 1 aliphatic heterocycles. The first-order valence-corrected chi connectivity index (χ1v) is 8.85. The third kappa shape index (κ3) is 3.17. The molecule has 4 heteroatoms. The average Bonchev–Trinajstić information content (AvgIpc) is 2.98. The average molecular weight is 333 g/mol. The first-order chi connectivity index (χ1) is 12.2. The van der Waals surface area contributed by atoms with Crippen molar-refractivity contribution < 1.29 is 4.79 Å². The van der Waals surface area contributed by atoms with Gasteiger partial charge < -0.3 is 9.88 Å². The largest absolute Gasteiger partial charge is 0.358 e. The Kier molecular flexibility index (Phi) is 4.28. The number of piperazine rings is 1. The molecule has 1 fully saturated rings. The van der Waals surface area contributed by atoms with Gasteiger partial charge in [-0.2, -0.15) is 0 Å². The molecule has 1 saturated heterocycles. The van der Waals surface area contributed by atoms with Crippen LogP contribution in [0.15, 0.2) is 54.6 Å². The lowest BCUT2D eigenvalue weighted by Gasteiger charge is -2.34. The molecule has 3 aromatic rings. The van der Waals surface area contributed by atoms with Gasteiger partial charge in [-0.3, -0.25) is 9.69 Å². The van der Waals surface area contributed by atoms with E-state index in [-0.39, 0.29) is 5.91 Å². The first-order valence-electron chi connectivity index (χ1n) is 8.85. The molecule has 0 spiro atoms. The molecular weight excluding hydrogens is 310 g/mol. The van der Waals surface area contributed by atoms with Crippen LogP contribution in [-0.4, -0.2) is 46.9 Å². The summed E-state index contributed by atoms with van der Waals surface area (Å²) in [7, 11) is 0. The van der Waals surface area contributed by atoms with E-state index in [1.54, 1.807) is 0 Å². The van der Waals surface area contributed by atoms with Crippen molar-refractivity contribution in [1.82, 2.24) is 14.8 Å². The fourth-order valence-corrected chi connectivity index (χ4v) is 3.66. The summed E-state index contributed by atoms with van der Waals surface area (Å²) in [4.78, 5) is 20.8. The second kappa shape index (κ2) is 6.73. The predicted octanol–water partition coefficient (Wildman–Crippen LogP) is 3.43. The van der Waals surface area contributed by atoms with Gasteiger partial charge in [-0.15, -0.1) is 0 Å². The molecule has 1 N–H and O–H groups in total. The highest BCUT2D eigenvalue weighted by Gasteiger charge is 2.25. The molecule has 0 aliphatic carbocycles. The molecule has 4 rings (SSSR count). The summed E-state index contributed by atoms with van der Waals surface area (Å²) in [6.07, 6.45) is 0. The number of nitrogens with one attached hydrogen (secondary N) is 1. The van der Waals surface area contributed by atoms with Crippen molar-refractivity contribution in [3.8, 4) is 0 Å². The summed E-state index contributed by atoms with van der Waals surface area (Å²) in [5.74, 6) is 0.148. The number of carbonyl (C=O) groups is 1. The zero-order chi connectivity index (χ0) is 17.2. The lowest BCUT2D eigenvalue weighted by atomic mass is 10.1. The molecule has 2 aromatic carbocycles. The highest BCUT2D eigenvalue weighted by atomic mass is 16.2. The monoisotopic (exact) mass is 333 g/mol. The van der Waals surface area contributed by atoms with Crippen molar-refractivity contribution >= 4 is 16.8 Å². The highest BCUT2D eigenvalue weighted by Crippen LogP contribution is 2.24. The summed E-state index contributed by atoms with van der Waals surface area (Å²) in [5, 5.41) is 1.02. The second-order valence-electron chi connectivity index (χ2n) is 6.72. The zero-order valence-corrected chi connectivity index (χ0v) is 14.5. The number of benzene rings is 2.